The van der Waals surface area contributed by atoms with Crippen molar-refractivity contribution in [2.75, 3.05) is 0 Å². The summed E-state index contributed by atoms with van der Waals surface area (Å²) in [5.41, 5.74) is 8.40. The van der Waals surface area contributed by atoms with Crippen LogP contribution in [0.3, 0.4) is 0 Å². The minimum atomic E-state index is -0.185. The summed E-state index contributed by atoms with van der Waals surface area (Å²) in [5, 5.41) is 5.62. The first kappa shape index (κ1) is 26.1. The first-order valence-electron chi connectivity index (χ1n) is 14.5. The summed E-state index contributed by atoms with van der Waals surface area (Å²) in [7, 11) is 0. The molecule has 0 saturated heterocycles. The van der Waals surface area contributed by atoms with Gasteiger partial charge in [0.2, 0.25) is 5.91 Å². The Labute approximate surface area is 236 Å². The molecule has 1 atom stereocenters. The number of hydrogen-bond acceptors (Lipinski definition) is 2. The molecule has 0 unspecified atom stereocenters. The van der Waals surface area contributed by atoms with Gasteiger partial charge < -0.3 is 9.88 Å². The van der Waals surface area contributed by atoms with Crippen molar-refractivity contribution >= 4 is 33.5 Å². The molecule has 1 aliphatic rings. The predicted molar refractivity (Wildman–Crippen MR) is 165 cm³/mol. The van der Waals surface area contributed by atoms with Gasteiger partial charge in [0.25, 0.3) is 0 Å². The number of aryl methyl sites for hydroxylation is 2. The van der Waals surface area contributed by atoms with Crippen molar-refractivity contribution in [2.45, 2.75) is 58.4 Å². The van der Waals surface area contributed by atoms with E-state index in [1.54, 1.807) is 0 Å². The molecule has 3 aromatic carbocycles. The van der Waals surface area contributed by atoms with E-state index in [0.29, 0.717) is 11.6 Å². The van der Waals surface area contributed by atoms with Gasteiger partial charge in [0, 0.05) is 28.7 Å². The fourth-order valence-corrected chi connectivity index (χ4v) is 6.60. The van der Waals surface area contributed by atoms with Gasteiger partial charge >= 0.3 is 0 Å². The van der Waals surface area contributed by atoms with Gasteiger partial charge in [-0.1, -0.05) is 98.6 Å². The lowest BCUT2D eigenvalue weighted by Crippen LogP contribution is -2.33. The summed E-state index contributed by atoms with van der Waals surface area (Å²) in [6, 6.07) is 29.3. The quantitative estimate of drug-likeness (QED) is 0.231. The Kier molecular flexibility index (Phi) is 7.25. The van der Waals surface area contributed by atoms with Gasteiger partial charge in [0.15, 0.2) is 0 Å². The average molecular weight is 528 g/mol. The van der Waals surface area contributed by atoms with Crippen LogP contribution in [0.25, 0.3) is 27.6 Å². The lowest BCUT2D eigenvalue weighted by atomic mass is 9.76. The predicted octanol–water partition coefficient (Wildman–Crippen LogP) is 8.31. The van der Waals surface area contributed by atoms with E-state index in [1.165, 1.54) is 46.7 Å². The van der Waals surface area contributed by atoms with Crippen LogP contribution in [0.15, 0.2) is 91.5 Å². The highest BCUT2D eigenvalue weighted by Gasteiger charge is 2.31. The molecule has 6 rings (SSSR count). The number of pyridine rings is 1. The molecule has 1 N–H and O–H groups in total. The van der Waals surface area contributed by atoms with Crippen molar-refractivity contribution in [3.63, 3.8) is 0 Å². The molecule has 0 bridgehead atoms. The second kappa shape index (κ2) is 11.1. The fourth-order valence-electron chi connectivity index (χ4n) is 6.60. The smallest absolute Gasteiger partial charge is 0.232 e. The minimum absolute atomic E-state index is 0.0473. The molecule has 4 heteroatoms. The highest BCUT2D eigenvalue weighted by molar-refractivity contribution is 6.08. The lowest BCUT2D eigenvalue weighted by molar-refractivity contribution is -0.122. The first-order valence-corrected chi connectivity index (χ1v) is 14.5. The number of nitrogens with one attached hydrogen (secondary N) is 1. The number of hydrogen-bond donors (Lipinski definition) is 1. The number of benzene rings is 3. The summed E-state index contributed by atoms with van der Waals surface area (Å²) >= 11 is 0. The van der Waals surface area contributed by atoms with Gasteiger partial charge in [-0.15, -0.1) is 0 Å². The molecule has 0 aliphatic heterocycles. The van der Waals surface area contributed by atoms with Gasteiger partial charge in [-0.25, -0.2) is 4.98 Å². The molecule has 0 radical (unpaired) electrons. The van der Waals surface area contributed by atoms with Crippen LogP contribution in [0, 0.1) is 19.8 Å². The number of carbonyl (C=O) groups excluding carboxylic acids is 1. The molecule has 4 nitrogen and oxygen atoms in total. The molecule has 1 fully saturated rings. The van der Waals surface area contributed by atoms with E-state index in [2.05, 4.69) is 84.9 Å². The molecule has 202 valence electrons. The van der Waals surface area contributed by atoms with Crippen molar-refractivity contribution in [1.29, 1.82) is 0 Å². The molecule has 1 aliphatic carbocycles. The Hall–Kier alpha value is -4.18. The monoisotopic (exact) mass is 527 g/mol. The Bertz CT molecular complexity index is 1670. The summed E-state index contributed by atoms with van der Waals surface area (Å²) < 4.78 is 2.33. The van der Waals surface area contributed by atoms with Crippen molar-refractivity contribution in [1.82, 2.24) is 14.9 Å². The molecule has 0 spiro atoms. The SMILES string of the molecule is C=C(NC(=O)[C@H](c1ccc(Cn2c3ccccc3c3c(C)cc(C)nc32)cc1)C1CCCCC1)c1ccccc1. The van der Waals surface area contributed by atoms with Gasteiger partial charge in [0.1, 0.15) is 5.65 Å². The second-order valence-electron chi connectivity index (χ2n) is 11.3. The van der Waals surface area contributed by atoms with Crippen LogP contribution in [0.5, 0.6) is 0 Å². The number of fused-ring (bicyclic) bond motifs is 3. The number of nitrogens with zero attached hydrogens (tertiary/aromatic N) is 2. The largest absolute Gasteiger partial charge is 0.326 e. The van der Waals surface area contributed by atoms with Gasteiger partial charge in [-0.3, -0.25) is 4.79 Å². The van der Waals surface area contributed by atoms with Crippen LogP contribution in [-0.2, 0) is 11.3 Å². The highest BCUT2D eigenvalue weighted by Crippen LogP contribution is 2.37. The van der Waals surface area contributed by atoms with E-state index in [-0.39, 0.29) is 11.8 Å². The maximum absolute atomic E-state index is 13.7. The van der Waals surface area contributed by atoms with Crippen molar-refractivity contribution in [3.8, 4) is 0 Å². The third kappa shape index (κ3) is 5.06. The zero-order valence-electron chi connectivity index (χ0n) is 23.5. The Balaban J connectivity index is 1.31. The van der Waals surface area contributed by atoms with Crippen molar-refractivity contribution in [3.05, 3.63) is 119 Å². The summed E-state index contributed by atoms with van der Waals surface area (Å²) in [6.07, 6.45) is 5.80. The fraction of sp³-hybridized carbons (Fsp3) is 0.278. The number of aromatic nitrogens is 2. The van der Waals surface area contributed by atoms with Crippen LogP contribution >= 0.6 is 0 Å². The van der Waals surface area contributed by atoms with Gasteiger partial charge in [-0.2, -0.15) is 0 Å². The number of amides is 1. The number of carbonyl (C=O) groups is 1. The number of rotatable bonds is 7. The maximum atomic E-state index is 13.7. The molecular formula is C36H37N3O. The minimum Gasteiger partial charge on any atom is -0.326 e. The standard InChI is InChI=1S/C36H37N3O/c1-24-22-25(2)37-35-33(24)31-16-10-11-17-32(31)39(35)23-27-18-20-30(21-19-27)34(29-14-8-5-9-15-29)36(40)38-26(3)28-12-6-4-7-13-28/h4,6-7,10-13,16-22,29,34H,3,5,8-9,14-15,23H2,1-2H3,(H,38,40)/t34-/m0/s1. The van der Waals surface area contributed by atoms with E-state index in [0.717, 1.165) is 41.9 Å². The maximum Gasteiger partial charge on any atom is 0.232 e. The van der Waals surface area contributed by atoms with E-state index in [1.807, 2.05) is 30.3 Å². The van der Waals surface area contributed by atoms with Gasteiger partial charge in [0.05, 0.1) is 11.4 Å². The third-order valence-electron chi connectivity index (χ3n) is 8.53. The molecule has 1 saturated carbocycles. The average Bonchev–Trinajstić information content (AvgIpc) is 3.28. The summed E-state index contributed by atoms with van der Waals surface area (Å²) in [5.74, 6) is 0.205. The second-order valence-corrected chi connectivity index (χ2v) is 11.3. The van der Waals surface area contributed by atoms with E-state index in [4.69, 9.17) is 4.98 Å². The van der Waals surface area contributed by atoms with E-state index >= 15 is 0 Å². The Morgan fingerprint density at radius 2 is 1.65 bits per heavy atom. The summed E-state index contributed by atoms with van der Waals surface area (Å²) in [6.45, 7) is 9.12. The van der Waals surface area contributed by atoms with Crippen molar-refractivity contribution in [2.24, 2.45) is 5.92 Å². The van der Waals surface area contributed by atoms with Crippen LogP contribution in [0.1, 0.15) is 66.0 Å². The Morgan fingerprint density at radius 3 is 2.40 bits per heavy atom. The van der Waals surface area contributed by atoms with Crippen molar-refractivity contribution < 1.29 is 4.79 Å². The summed E-state index contributed by atoms with van der Waals surface area (Å²) in [4.78, 5) is 18.7. The zero-order valence-corrected chi connectivity index (χ0v) is 23.5. The van der Waals surface area contributed by atoms with E-state index < -0.39 is 0 Å². The highest BCUT2D eigenvalue weighted by atomic mass is 16.1. The lowest BCUT2D eigenvalue weighted by Gasteiger charge is -2.30. The molecule has 40 heavy (non-hydrogen) atoms. The third-order valence-corrected chi connectivity index (χ3v) is 8.53. The molecule has 2 heterocycles. The first-order chi connectivity index (χ1) is 19.5. The molecule has 1 amide bonds. The topological polar surface area (TPSA) is 46.9 Å². The van der Waals surface area contributed by atoms with Gasteiger partial charge in [-0.05, 0) is 67.0 Å². The molecular weight excluding hydrogens is 490 g/mol. The van der Waals surface area contributed by atoms with Crippen LogP contribution in [0.2, 0.25) is 0 Å². The normalized spacial score (nSPS) is 14.8. The van der Waals surface area contributed by atoms with Crippen LogP contribution in [0.4, 0.5) is 0 Å². The van der Waals surface area contributed by atoms with E-state index in [9.17, 15) is 4.79 Å². The molecule has 2 aromatic heterocycles. The zero-order chi connectivity index (χ0) is 27.6. The Morgan fingerprint density at radius 1 is 0.950 bits per heavy atom. The number of para-hydroxylation sites is 1. The van der Waals surface area contributed by atoms with Crippen LogP contribution < -0.4 is 5.32 Å². The van der Waals surface area contributed by atoms with Crippen LogP contribution in [-0.4, -0.2) is 15.5 Å². The molecule has 5 aromatic rings.